The topological polar surface area (TPSA) is 23.6 Å². The number of carbonyl (C=O) groups excluding carboxylic acids is 1. The van der Waals surface area contributed by atoms with Crippen LogP contribution in [0.5, 0.6) is 0 Å². The highest BCUT2D eigenvalue weighted by Crippen LogP contribution is 2.33. The van der Waals surface area contributed by atoms with E-state index in [1.807, 2.05) is 11.0 Å². The third-order valence-electron chi connectivity index (χ3n) is 4.78. The molecule has 0 unspecified atom stereocenters. The Balaban J connectivity index is 1.68. The highest BCUT2D eigenvalue weighted by atomic mass is 16.2. The third kappa shape index (κ3) is 2.59. The molecule has 1 atom stereocenters. The second kappa shape index (κ2) is 5.57. The van der Waals surface area contributed by atoms with Crippen LogP contribution >= 0.6 is 0 Å². The van der Waals surface area contributed by atoms with Crippen molar-refractivity contribution in [1.29, 1.82) is 0 Å². The fraction of sp³-hybridized carbons (Fsp3) is 0.588. The number of amides is 1. The van der Waals surface area contributed by atoms with Gasteiger partial charge in [-0.25, -0.2) is 0 Å². The minimum Gasteiger partial charge on any atom is -0.309 e. The number of rotatable bonds is 2. The molecule has 0 N–H and O–H groups in total. The maximum absolute atomic E-state index is 12.7. The molecule has 2 heterocycles. The number of anilines is 1. The van der Waals surface area contributed by atoms with Gasteiger partial charge in [0.2, 0.25) is 5.91 Å². The van der Waals surface area contributed by atoms with E-state index in [1.54, 1.807) is 0 Å². The Bertz CT molecular complexity index is 492. The highest BCUT2D eigenvalue weighted by Gasteiger charge is 2.32. The van der Waals surface area contributed by atoms with E-state index in [0.717, 1.165) is 38.0 Å². The summed E-state index contributed by atoms with van der Waals surface area (Å²) in [5, 5.41) is 0. The number of nitrogens with zero attached hydrogens (tertiary/aromatic N) is 2. The van der Waals surface area contributed by atoms with Gasteiger partial charge in [-0.2, -0.15) is 0 Å². The summed E-state index contributed by atoms with van der Waals surface area (Å²) >= 11 is 0. The van der Waals surface area contributed by atoms with E-state index in [4.69, 9.17) is 0 Å². The van der Waals surface area contributed by atoms with Crippen LogP contribution in [0.1, 0.15) is 31.7 Å². The van der Waals surface area contributed by atoms with Crippen molar-refractivity contribution in [3.05, 3.63) is 29.8 Å². The molecule has 2 aliphatic heterocycles. The summed E-state index contributed by atoms with van der Waals surface area (Å²) in [6, 6.07) is 8.65. The molecule has 0 saturated carbocycles. The molecular weight excluding hydrogens is 248 g/mol. The fourth-order valence-corrected chi connectivity index (χ4v) is 3.56. The van der Waals surface area contributed by atoms with Crippen LogP contribution in [-0.2, 0) is 11.2 Å². The fourth-order valence-electron chi connectivity index (χ4n) is 3.56. The summed E-state index contributed by atoms with van der Waals surface area (Å²) in [5.41, 5.74) is 2.45. The second-order valence-corrected chi connectivity index (χ2v) is 6.40. The maximum Gasteiger partial charge on any atom is 0.227 e. The zero-order valence-electron chi connectivity index (χ0n) is 12.5. The average Bonchev–Trinajstić information content (AvgIpc) is 2.77. The van der Waals surface area contributed by atoms with Gasteiger partial charge in [-0.1, -0.05) is 18.2 Å². The molecule has 108 valence electrons. The molecule has 0 bridgehead atoms. The minimum atomic E-state index is 0.311. The zero-order valence-corrected chi connectivity index (χ0v) is 12.5. The van der Waals surface area contributed by atoms with E-state index in [2.05, 4.69) is 37.1 Å². The van der Waals surface area contributed by atoms with Gasteiger partial charge in [0.15, 0.2) is 0 Å². The van der Waals surface area contributed by atoms with Crippen molar-refractivity contribution < 1.29 is 4.79 Å². The molecule has 2 aliphatic rings. The van der Waals surface area contributed by atoms with Crippen LogP contribution in [-0.4, -0.2) is 37.0 Å². The Kier molecular flexibility index (Phi) is 3.79. The molecule has 0 radical (unpaired) electrons. The lowest BCUT2D eigenvalue weighted by Crippen LogP contribution is -2.38. The van der Waals surface area contributed by atoms with Gasteiger partial charge in [0.05, 0.1) is 0 Å². The Labute approximate surface area is 121 Å². The normalized spacial score (nSPS) is 23.9. The summed E-state index contributed by atoms with van der Waals surface area (Å²) in [6.07, 6.45) is 4.03. The number of piperidine rings is 1. The second-order valence-electron chi connectivity index (χ2n) is 6.40. The largest absolute Gasteiger partial charge is 0.309 e. The summed E-state index contributed by atoms with van der Waals surface area (Å²) in [6.45, 7) is 4.42. The smallest absolute Gasteiger partial charge is 0.227 e. The van der Waals surface area contributed by atoms with Crippen LogP contribution in [0.4, 0.5) is 5.69 Å². The molecule has 1 saturated heterocycles. The lowest BCUT2D eigenvalue weighted by Gasteiger charge is -2.30. The number of hydrogen-bond acceptors (Lipinski definition) is 2. The van der Waals surface area contributed by atoms with Crippen molar-refractivity contribution in [3.63, 3.8) is 0 Å². The van der Waals surface area contributed by atoms with Gasteiger partial charge in [-0.15, -0.1) is 0 Å². The van der Waals surface area contributed by atoms with Gasteiger partial charge in [0.25, 0.3) is 0 Å². The predicted octanol–water partition coefficient (Wildman–Crippen LogP) is 2.70. The number of fused-ring (bicyclic) bond motifs is 1. The molecule has 0 aliphatic carbocycles. The van der Waals surface area contributed by atoms with Gasteiger partial charge in [0, 0.05) is 18.2 Å². The Morgan fingerprint density at radius 3 is 2.70 bits per heavy atom. The molecule has 3 nitrogen and oxygen atoms in total. The molecule has 1 aromatic rings. The molecule has 1 fully saturated rings. The van der Waals surface area contributed by atoms with E-state index < -0.39 is 0 Å². The Hall–Kier alpha value is -1.35. The van der Waals surface area contributed by atoms with Crippen LogP contribution in [0.3, 0.4) is 0 Å². The zero-order chi connectivity index (χ0) is 14.1. The monoisotopic (exact) mass is 272 g/mol. The molecule has 20 heavy (non-hydrogen) atoms. The van der Waals surface area contributed by atoms with Gasteiger partial charge in [-0.05, 0) is 63.9 Å². The molecular formula is C17H24N2O. The number of para-hydroxylation sites is 1. The molecule has 1 amide bonds. The van der Waals surface area contributed by atoms with Crippen molar-refractivity contribution in [2.75, 3.05) is 25.0 Å². The van der Waals surface area contributed by atoms with E-state index in [1.165, 1.54) is 5.56 Å². The summed E-state index contributed by atoms with van der Waals surface area (Å²) in [5.74, 6) is 0.885. The van der Waals surface area contributed by atoms with E-state index in [-0.39, 0.29) is 0 Å². The van der Waals surface area contributed by atoms with E-state index in [9.17, 15) is 4.79 Å². The number of carbonyl (C=O) groups is 1. The van der Waals surface area contributed by atoms with Gasteiger partial charge in [-0.3, -0.25) is 4.79 Å². The van der Waals surface area contributed by atoms with Crippen molar-refractivity contribution in [2.45, 2.75) is 38.6 Å². The average molecular weight is 272 g/mol. The lowest BCUT2D eigenvalue weighted by atomic mass is 9.93. The van der Waals surface area contributed by atoms with Crippen LogP contribution in [0, 0.1) is 5.92 Å². The van der Waals surface area contributed by atoms with Crippen LogP contribution in [0.25, 0.3) is 0 Å². The standard InChI is InChI=1S/C17H24N2O/c1-13-11-15-5-3-4-6-16(15)19(13)17(20)12-14-7-9-18(2)10-8-14/h3-6,13-14H,7-12H2,1-2H3/t13-/m1/s1. The predicted molar refractivity (Wildman–Crippen MR) is 81.9 cm³/mol. The van der Waals surface area contributed by atoms with Crippen molar-refractivity contribution in [3.8, 4) is 0 Å². The highest BCUT2D eigenvalue weighted by molar-refractivity contribution is 5.96. The van der Waals surface area contributed by atoms with Gasteiger partial charge < -0.3 is 9.80 Å². The van der Waals surface area contributed by atoms with Crippen molar-refractivity contribution in [1.82, 2.24) is 4.90 Å². The van der Waals surface area contributed by atoms with Crippen LogP contribution < -0.4 is 4.90 Å². The molecule has 0 spiro atoms. The summed E-state index contributed by atoms with van der Waals surface area (Å²) in [4.78, 5) is 17.1. The molecule has 3 rings (SSSR count). The summed E-state index contributed by atoms with van der Waals surface area (Å²) in [7, 11) is 2.16. The minimum absolute atomic E-state index is 0.311. The number of benzene rings is 1. The van der Waals surface area contributed by atoms with Gasteiger partial charge >= 0.3 is 0 Å². The molecule has 0 aromatic heterocycles. The van der Waals surface area contributed by atoms with Crippen LogP contribution in [0.2, 0.25) is 0 Å². The van der Waals surface area contributed by atoms with Crippen LogP contribution in [0.15, 0.2) is 24.3 Å². The first-order valence-electron chi connectivity index (χ1n) is 7.73. The summed E-state index contributed by atoms with van der Waals surface area (Å²) < 4.78 is 0. The van der Waals surface area contributed by atoms with Gasteiger partial charge in [0.1, 0.15) is 0 Å². The van der Waals surface area contributed by atoms with Crippen molar-refractivity contribution in [2.24, 2.45) is 5.92 Å². The first-order valence-corrected chi connectivity index (χ1v) is 7.73. The maximum atomic E-state index is 12.7. The third-order valence-corrected chi connectivity index (χ3v) is 4.78. The lowest BCUT2D eigenvalue weighted by molar-refractivity contribution is -0.120. The van der Waals surface area contributed by atoms with E-state index in [0.29, 0.717) is 24.3 Å². The Morgan fingerprint density at radius 1 is 1.25 bits per heavy atom. The molecule has 1 aromatic carbocycles. The number of hydrogen-bond donors (Lipinski definition) is 0. The van der Waals surface area contributed by atoms with Crippen molar-refractivity contribution >= 4 is 11.6 Å². The first-order chi connectivity index (χ1) is 9.65. The Morgan fingerprint density at radius 2 is 1.95 bits per heavy atom. The number of likely N-dealkylation sites (tertiary alicyclic amines) is 1. The first kappa shape index (κ1) is 13.6. The quantitative estimate of drug-likeness (QED) is 0.826. The van der Waals surface area contributed by atoms with E-state index >= 15 is 0 Å². The SMILES string of the molecule is C[C@@H]1Cc2ccccc2N1C(=O)CC1CCN(C)CC1. The molecule has 3 heteroatoms.